The highest BCUT2D eigenvalue weighted by atomic mass is 79.9. The molecule has 3 aromatic rings. The Hall–Kier alpha value is -1.46. The molecule has 0 saturated carbocycles. The van der Waals surface area contributed by atoms with Gasteiger partial charge in [0.15, 0.2) is 10.3 Å². The normalized spacial score (nSPS) is 12.9. The predicted octanol–water partition coefficient (Wildman–Crippen LogP) is 4.69. The van der Waals surface area contributed by atoms with Crippen molar-refractivity contribution in [3.05, 3.63) is 56.9 Å². The van der Waals surface area contributed by atoms with Gasteiger partial charge < -0.3 is 8.83 Å². The lowest BCUT2D eigenvalue weighted by Gasteiger charge is -2.07. The van der Waals surface area contributed by atoms with E-state index in [-0.39, 0.29) is 5.76 Å². The second-order valence-electron chi connectivity index (χ2n) is 4.75. The Kier molecular flexibility index (Phi) is 3.95. The smallest absolute Gasteiger partial charge is 0.419 e. The number of hydrogen-bond donors (Lipinski definition) is 0. The second-order valence-corrected chi connectivity index (χ2v) is 5.97. The van der Waals surface area contributed by atoms with Gasteiger partial charge in [-0.2, -0.15) is 0 Å². The van der Waals surface area contributed by atoms with Gasteiger partial charge in [0.2, 0.25) is 0 Å². The highest BCUT2D eigenvalue weighted by Crippen LogP contribution is 2.32. The summed E-state index contributed by atoms with van der Waals surface area (Å²) in [4.78, 5) is 11.8. The minimum absolute atomic E-state index is 0.337. The summed E-state index contributed by atoms with van der Waals surface area (Å²) in [6.45, 7) is 2.66. The molecular weight excluding hydrogens is 358 g/mol. The van der Waals surface area contributed by atoms with Crippen LogP contribution in [0.3, 0.4) is 0 Å². The Labute approximate surface area is 134 Å². The van der Waals surface area contributed by atoms with Crippen molar-refractivity contribution < 1.29 is 8.83 Å². The first-order valence-corrected chi connectivity index (χ1v) is 7.85. The van der Waals surface area contributed by atoms with Crippen LogP contribution >= 0.6 is 27.5 Å². The van der Waals surface area contributed by atoms with Gasteiger partial charge in [-0.15, -0.1) is 11.6 Å². The molecule has 0 aliphatic rings. The number of alkyl halides is 1. The molecule has 0 bridgehead atoms. The van der Waals surface area contributed by atoms with E-state index in [4.69, 9.17) is 20.4 Å². The zero-order chi connectivity index (χ0) is 15.0. The van der Waals surface area contributed by atoms with Gasteiger partial charge in [0.05, 0.1) is 5.52 Å². The fourth-order valence-corrected chi connectivity index (χ4v) is 2.88. The lowest BCUT2D eigenvalue weighted by Crippen LogP contribution is -2.13. The van der Waals surface area contributed by atoms with E-state index in [0.29, 0.717) is 22.6 Å². The number of hydrogen-bond acceptors (Lipinski definition) is 3. The van der Waals surface area contributed by atoms with E-state index in [1.807, 2.05) is 25.1 Å². The maximum absolute atomic E-state index is 11.8. The third-order valence-electron chi connectivity index (χ3n) is 3.28. The number of aromatic nitrogens is 1. The first-order chi connectivity index (χ1) is 10.1. The number of halogens is 2. The molecule has 0 aliphatic carbocycles. The van der Waals surface area contributed by atoms with E-state index in [1.54, 1.807) is 16.7 Å². The molecule has 0 aliphatic heterocycles. The molecule has 1 atom stereocenters. The Morgan fingerprint density at radius 2 is 2.10 bits per heavy atom. The Morgan fingerprint density at radius 3 is 2.76 bits per heavy atom. The molecule has 0 fully saturated rings. The van der Waals surface area contributed by atoms with Crippen LogP contribution in [-0.2, 0) is 6.54 Å². The lowest BCUT2D eigenvalue weighted by atomic mass is 10.1. The number of oxazole rings is 1. The number of rotatable bonds is 4. The maximum atomic E-state index is 11.8. The van der Waals surface area contributed by atoms with Crippen LogP contribution in [0.5, 0.6) is 0 Å². The molecule has 6 heteroatoms. The second kappa shape index (κ2) is 5.73. The quantitative estimate of drug-likeness (QED) is 0.626. The van der Waals surface area contributed by atoms with Gasteiger partial charge in [0.1, 0.15) is 11.1 Å². The highest BCUT2D eigenvalue weighted by Gasteiger charge is 2.17. The van der Waals surface area contributed by atoms with E-state index in [0.717, 1.165) is 17.5 Å². The molecule has 3 rings (SSSR count). The molecule has 110 valence electrons. The van der Waals surface area contributed by atoms with Crippen LogP contribution in [0.1, 0.15) is 30.0 Å². The van der Waals surface area contributed by atoms with Crippen molar-refractivity contribution in [3.8, 4) is 0 Å². The summed E-state index contributed by atoms with van der Waals surface area (Å²) in [5.41, 5.74) is 2.15. The number of nitrogens with zero attached hydrogens (tertiary/aromatic N) is 1. The minimum Gasteiger partial charge on any atom is -0.452 e. The van der Waals surface area contributed by atoms with Crippen LogP contribution in [0.15, 0.2) is 48.6 Å². The molecule has 4 nitrogen and oxygen atoms in total. The van der Waals surface area contributed by atoms with Gasteiger partial charge >= 0.3 is 5.76 Å². The number of benzene rings is 1. The van der Waals surface area contributed by atoms with Gasteiger partial charge in [-0.1, -0.05) is 13.0 Å². The molecule has 0 spiro atoms. The SMILES string of the molecule is CCCn1c(=O)oc2cc(C(Cl)c3ccc(Br)o3)ccc21. The summed E-state index contributed by atoms with van der Waals surface area (Å²) in [7, 11) is 0. The lowest BCUT2D eigenvalue weighted by molar-refractivity contribution is 0.493. The third-order valence-corrected chi connectivity index (χ3v) is 4.17. The maximum Gasteiger partial charge on any atom is 0.419 e. The molecule has 2 aromatic heterocycles. The largest absolute Gasteiger partial charge is 0.452 e. The van der Waals surface area contributed by atoms with Crippen molar-refractivity contribution in [3.63, 3.8) is 0 Å². The first-order valence-electron chi connectivity index (χ1n) is 6.62. The molecule has 0 radical (unpaired) electrons. The Morgan fingerprint density at radius 1 is 1.29 bits per heavy atom. The minimum atomic E-state index is -0.430. The molecule has 0 N–H and O–H groups in total. The molecule has 0 amide bonds. The summed E-state index contributed by atoms with van der Waals surface area (Å²) < 4.78 is 13.0. The zero-order valence-electron chi connectivity index (χ0n) is 11.3. The summed E-state index contributed by atoms with van der Waals surface area (Å²) >= 11 is 9.67. The van der Waals surface area contributed by atoms with Crippen molar-refractivity contribution in [1.82, 2.24) is 4.57 Å². The average molecular weight is 371 g/mol. The van der Waals surface area contributed by atoms with Gasteiger partial charge in [-0.05, 0) is 52.2 Å². The fourth-order valence-electron chi connectivity index (χ4n) is 2.30. The van der Waals surface area contributed by atoms with Gasteiger partial charge in [0, 0.05) is 6.54 Å². The first kappa shape index (κ1) is 14.5. The van der Waals surface area contributed by atoms with E-state index in [9.17, 15) is 4.79 Å². The van der Waals surface area contributed by atoms with E-state index >= 15 is 0 Å². The van der Waals surface area contributed by atoms with Crippen LogP contribution in [0, 0.1) is 0 Å². The van der Waals surface area contributed by atoms with Crippen molar-refractivity contribution in [2.75, 3.05) is 0 Å². The molecule has 21 heavy (non-hydrogen) atoms. The average Bonchev–Trinajstić information content (AvgIpc) is 3.02. The Balaban J connectivity index is 2.03. The molecule has 0 saturated heterocycles. The summed E-state index contributed by atoms with van der Waals surface area (Å²) in [6, 6.07) is 9.14. The summed E-state index contributed by atoms with van der Waals surface area (Å²) in [5, 5.41) is -0.430. The Bertz CT molecular complexity index is 833. The van der Waals surface area contributed by atoms with Crippen LogP contribution in [0.2, 0.25) is 0 Å². The predicted molar refractivity (Wildman–Crippen MR) is 84.9 cm³/mol. The topological polar surface area (TPSA) is 48.3 Å². The van der Waals surface area contributed by atoms with Gasteiger partial charge in [-0.3, -0.25) is 4.57 Å². The van der Waals surface area contributed by atoms with Crippen molar-refractivity contribution >= 4 is 38.6 Å². The molecule has 2 heterocycles. The third kappa shape index (κ3) is 2.68. The van der Waals surface area contributed by atoms with Crippen molar-refractivity contribution in [2.45, 2.75) is 25.3 Å². The van der Waals surface area contributed by atoms with Crippen LogP contribution in [-0.4, -0.2) is 4.57 Å². The number of aryl methyl sites for hydroxylation is 1. The van der Waals surface area contributed by atoms with Crippen LogP contribution < -0.4 is 5.76 Å². The van der Waals surface area contributed by atoms with Gasteiger partial charge in [0.25, 0.3) is 0 Å². The fraction of sp³-hybridized carbons (Fsp3) is 0.267. The number of furan rings is 1. The van der Waals surface area contributed by atoms with Crippen LogP contribution in [0.4, 0.5) is 0 Å². The van der Waals surface area contributed by atoms with E-state index in [2.05, 4.69) is 15.9 Å². The van der Waals surface area contributed by atoms with Crippen LogP contribution in [0.25, 0.3) is 11.1 Å². The molecular formula is C15H13BrClNO3. The molecule has 1 unspecified atom stereocenters. The monoisotopic (exact) mass is 369 g/mol. The van der Waals surface area contributed by atoms with Gasteiger partial charge in [-0.25, -0.2) is 4.79 Å². The molecule has 1 aromatic carbocycles. The summed E-state index contributed by atoms with van der Waals surface area (Å²) in [6.07, 6.45) is 0.870. The van der Waals surface area contributed by atoms with E-state index < -0.39 is 5.38 Å². The summed E-state index contributed by atoms with van der Waals surface area (Å²) in [5.74, 6) is 0.300. The number of fused-ring (bicyclic) bond motifs is 1. The standard InChI is InChI=1S/C15H13BrClNO3/c1-2-7-18-10-4-3-9(8-12(10)21-15(18)19)14(17)11-5-6-13(16)20-11/h3-6,8,14H,2,7H2,1H3. The highest BCUT2D eigenvalue weighted by molar-refractivity contribution is 9.10. The van der Waals surface area contributed by atoms with E-state index in [1.165, 1.54) is 0 Å². The zero-order valence-corrected chi connectivity index (χ0v) is 13.6. The van der Waals surface area contributed by atoms with Crippen molar-refractivity contribution in [2.24, 2.45) is 0 Å². The van der Waals surface area contributed by atoms with Crippen molar-refractivity contribution in [1.29, 1.82) is 0 Å².